The van der Waals surface area contributed by atoms with Gasteiger partial charge in [0.05, 0.1) is 18.8 Å². The Morgan fingerprint density at radius 1 is 0.600 bits per heavy atom. The summed E-state index contributed by atoms with van der Waals surface area (Å²) in [5, 5.41) is 33.0. The number of aliphatic hydroxyl groups excluding tert-OH is 3. The van der Waals surface area contributed by atoms with E-state index in [1.807, 2.05) is 0 Å². The molecule has 0 aliphatic rings. The molecule has 0 spiro atoms. The average Bonchev–Trinajstić information content (AvgIpc) is 2.86. The highest BCUT2D eigenvalue weighted by Crippen LogP contribution is 2.15. The number of carbonyl (C=O) groups is 1. The van der Waals surface area contributed by atoms with Gasteiger partial charge in [-0.05, 0) is 12.8 Å². The maximum absolute atomic E-state index is 12.2. The number of aliphatic hydroxyl groups is 3. The highest BCUT2D eigenvalue weighted by molar-refractivity contribution is 5.76. The van der Waals surface area contributed by atoms with Gasteiger partial charge < -0.3 is 20.6 Å². The molecule has 0 radical (unpaired) electrons. The Labute approximate surface area is 217 Å². The summed E-state index contributed by atoms with van der Waals surface area (Å²) in [7, 11) is 0. The van der Waals surface area contributed by atoms with Crippen LogP contribution in [0.15, 0.2) is 0 Å². The van der Waals surface area contributed by atoms with E-state index in [1.165, 1.54) is 96.3 Å². The van der Waals surface area contributed by atoms with Crippen LogP contribution in [-0.4, -0.2) is 46.1 Å². The van der Waals surface area contributed by atoms with E-state index in [2.05, 4.69) is 19.2 Å². The molecule has 0 saturated heterocycles. The molecule has 0 aromatic carbocycles. The lowest BCUT2D eigenvalue weighted by molar-refractivity contribution is -0.124. The van der Waals surface area contributed by atoms with Crippen molar-refractivity contribution in [3.63, 3.8) is 0 Å². The Bertz CT molecular complexity index is 446. The predicted molar refractivity (Wildman–Crippen MR) is 149 cm³/mol. The Hall–Kier alpha value is -0.650. The standard InChI is InChI=1S/C30H61NO4/c1-3-5-7-9-11-13-14-15-16-17-19-21-23-25-29(34)31-27(26-32)30(35)28(33)24-22-20-18-12-10-8-6-4-2/h27-28,30,32-33,35H,3-26H2,1-2H3,(H,31,34). The SMILES string of the molecule is CCCCCCCCCCCCCCCC(=O)NC(CO)C(O)C(O)CCCCCCCCCC. The van der Waals surface area contributed by atoms with Crippen LogP contribution >= 0.6 is 0 Å². The largest absolute Gasteiger partial charge is 0.394 e. The normalized spacial score (nSPS) is 14.1. The van der Waals surface area contributed by atoms with E-state index in [0.29, 0.717) is 12.8 Å². The summed E-state index contributed by atoms with van der Waals surface area (Å²) in [6.45, 7) is 4.11. The molecule has 3 unspecified atom stereocenters. The van der Waals surface area contributed by atoms with Gasteiger partial charge in [0.2, 0.25) is 5.91 Å². The quantitative estimate of drug-likeness (QED) is 0.0900. The number of hydrogen-bond donors (Lipinski definition) is 4. The second-order valence-corrected chi connectivity index (χ2v) is 10.7. The van der Waals surface area contributed by atoms with Crippen LogP contribution in [0, 0.1) is 0 Å². The van der Waals surface area contributed by atoms with E-state index in [-0.39, 0.29) is 12.5 Å². The van der Waals surface area contributed by atoms with Gasteiger partial charge in [0.1, 0.15) is 6.10 Å². The Morgan fingerprint density at radius 3 is 1.37 bits per heavy atom. The van der Waals surface area contributed by atoms with Crippen LogP contribution in [0.5, 0.6) is 0 Å². The Morgan fingerprint density at radius 2 is 0.971 bits per heavy atom. The van der Waals surface area contributed by atoms with E-state index in [1.54, 1.807) is 0 Å². The van der Waals surface area contributed by atoms with Crippen molar-refractivity contribution in [1.29, 1.82) is 0 Å². The molecule has 0 fully saturated rings. The number of nitrogens with one attached hydrogen (secondary N) is 1. The summed E-state index contributed by atoms with van der Waals surface area (Å²) >= 11 is 0. The number of rotatable bonds is 27. The summed E-state index contributed by atoms with van der Waals surface area (Å²) in [6, 6.07) is -0.798. The summed E-state index contributed by atoms with van der Waals surface area (Å²) < 4.78 is 0. The van der Waals surface area contributed by atoms with Crippen LogP contribution in [0.25, 0.3) is 0 Å². The molecule has 5 nitrogen and oxygen atoms in total. The second-order valence-electron chi connectivity index (χ2n) is 10.7. The fourth-order valence-electron chi connectivity index (χ4n) is 4.75. The fourth-order valence-corrected chi connectivity index (χ4v) is 4.75. The molecule has 0 aliphatic carbocycles. The monoisotopic (exact) mass is 499 g/mol. The molecule has 0 aromatic rings. The molecular weight excluding hydrogens is 438 g/mol. The van der Waals surface area contributed by atoms with Gasteiger partial charge in [0, 0.05) is 6.42 Å². The maximum atomic E-state index is 12.2. The number of hydrogen-bond acceptors (Lipinski definition) is 4. The molecule has 5 heteroatoms. The van der Waals surface area contributed by atoms with Crippen molar-refractivity contribution in [2.75, 3.05) is 6.61 Å². The van der Waals surface area contributed by atoms with E-state index in [0.717, 1.165) is 38.5 Å². The van der Waals surface area contributed by atoms with Gasteiger partial charge in [-0.15, -0.1) is 0 Å². The van der Waals surface area contributed by atoms with Crippen LogP contribution in [-0.2, 0) is 4.79 Å². The second kappa shape index (κ2) is 26.4. The fraction of sp³-hybridized carbons (Fsp3) is 0.967. The van der Waals surface area contributed by atoms with Gasteiger partial charge >= 0.3 is 0 Å². The van der Waals surface area contributed by atoms with Gasteiger partial charge in [-0.2, -0.15) is 0 Å². The minimum atomic E-state index is -1.12. The molecule has 4 N–H and O–H groups in total. The minimum absolute atomic E-state index is 0.148. The zero-order chi connectivity index (χ0) is 26.0. The van der Waals surface area contributed by atoms with Crippen LogP contribution < -0.4 is 5.32 Å². The molecule has 0 aliphatic heterocycles. The summed E-state index contributed by atoms with van der Waals surface area (Å²) in [5.74, 6) is -0.148. The lowest BCUT2D eigenvalue weighted by atomic mass is 9.99. The predicted octanol–water partition coefficient (Wildman–Crippen LogP) is 7.20. The molecule has 1 amide bonds. The zero-order valence-corrected chi connectivity index (χ0v) is 23.5. The van der Waals surface area contributed by atoms with Crippen molar-refractivity contribution in [3.8, 4) is 0 Å². The summed E-state index contributed by atoms with van der Waals surface area (Å²) in [4.78, 5) is 12.2. The van der Waals surface area contributed by atoms with E-state index >= 15 is 0 Å². The molecule has 210 valence electrons. The summed E-state index contributed by atoms with van der Waals surface area (Å²) in [6.07, 6.45) is 24.8. The van der Waals surface area contributed by atoms with Crippen molar-refractivity contribution in [2.24, 2.45) is 0 Å². The lowest BCUT2D eigenvalue weighted by Gasteiger charge is -2.26. The molecule has 0 bridgehead atoms. The molecule has 0 aromatic heterocycles. The van der Waals surface area contributed by atoms with Crippen molar-refractivity contribution >= 4 is 5.91 Å². The first-order valence-electron chi connectivity index (χ1n) is 15.3. The van der Waals surface area contributed by atoms with E-state index in [4.69, 9.17) is 0 Å². The third-order valence-electron chi connectivity index (χ3n) is 7.21. The van der Waals surface area contributed by atoms with Crippen LogP contribution in [0.4, 0.5) is 0 Å². The zero-order valence-electron chi connectivity index (χ0n) is 23.5. The highest BCUT2D eigenvalue weighted by atomic mass is 16.3. The molecule has 3 atom stereocenters. The third kappa shape index (κ3) is 22.3. The number of amides is 1. The highest BCUT2D eigenvalue weighted by Gasteiger charge is 2.26. The average molecular weight is 500 g/mol. The Kier molecular flexibility index (Phi) is 25.9. The number of carbonyl (C=O) groups excluding carboxylic acids is 1. The molecule has 0 saturated carbocycles. The Balaban J connectivity index is 3.72. The first-order chi connectivity index (χ1) is 17.1. The first-order valence-corrected chi connectivity index (χ1v) is 15.3. The van der Waals surface area contributed by atoms with Gasteiger partial charge in [0.15, 0.2) is 0 Å². The van der Waals surface area contributed by atoms with Gasteiger partial charge in [0.25, 0.3) is 0 Å². The van der Waals surface area contributed by atoms with Gasteiger partial charge in [-0.3, -0.25) is 4.79 Å². The van der Waals surface area contributed by atoms with E-state index in [9.17, 15) is 20.1 Å². The van der Waals surface area contributed by atoms with Crippen LogP contribution in [0.1, 0.15) is 162 Å². The third-order valence-corrected chi connectivity index (χ3v) is 7.21. The van der Waals surface area contributed by atoms with Crippen molar-refractivity contribution in [2.45, 2.75) is 180 Å². The van der Waals surface area contributed by atoms with Crippen LogP contribution in [0.3, 0.4) is 0 Å². The van der Waals surface area contributed by atoms with Crippen molar-refractivity contribution in [1.82, 2.24) is 5.32 Å². The van der Waals surface area contributed by atoms with Gasteiger partial charge in [-0.25, -0.2) is 0 Å². The van der Waals surface area contributed by atoms with Crippen molar-refractivity contribution in [3.05, 3.63) is 0 Å². The lowest BCUT2D eigenvalue weighted by Crippen LogP contribution is -2.50. The minimum Gasteiger partial charge on any atom is -0.394 e. The first kappa shape index (κ1) is 34.4. The van der Waals surface area contributed by atoms with Crippen molar-refractivity contribution < 1.29 is 20.1 Å². The topological polar surface area (TPSA) is 89.8 Å². The number of unbranched alkanes of at least 4 members (excludes halogenated alkanes) is 19. The van der Waals surface area contributed by atoms with Gasteiger partial charge in [-0.1, -0.05) is 142 Å². The molecule has 0 rings (SSSR count). The van der Waals surface area contributed by atoms with Crippen LogP contribution in [0.2, 0.25) is 0 Å². The smallest absolute Gasteiger partial charge is 0.220 e. The maximum Gasteiger partial charge on any atom is 0.220 e. The summed E-state index contributed by atoms with van der Waals surface area (Å²) in [5.41, 5.74) is 0. The van der Waals surface area contributed by atoms with E-state index < -0.39 is 18.2 Å². The molecule has 0 heterocycles. The molecular formula is C30H61NO4. The molecule has 35 heavy (non-hydrogen) atoms.